The second kappa shape index (κ2) is 13.1. The van der Waals surface area contributed by atoms with E-state index >= 15 is 0 Å². The van der Waals surface area contributed by atoms with E-state index in [9.17, 15) is 9.59 Å². The highest BCUT2D eigenvalue weighted by Crippen LogP contribution is 2.36. The normalized spacial score (nSPS) is 17.6. The maximum atomic E-state index is 13.0. The highest BCUT2D eigenvalue weighted by Gasteiger charge is 2.28. The summed E-state index contributed by atoms with van der Waals surface area (Å²) in [6.07, 6.45) is 5.41. The van der Waals surface area contributed by atoms with Crippen LogP contribution in [-0.2, 0) is 4.79 Å². The molecule has 41 heavy (non-hydrogen) atoms. The van der Waals surface area contributed by atoms with Crippen molar-refractivity contribution >= 4 is 34.7 Å². The lowest BCUT2D eigenvalue weighted by atomic mass is 9.87. The van der Waals surface area contributed by atoms with Crippen molar-refractivity contribution in [2.75, 3.05) is 75.6 Å². The summed E-state index contributed by atoms with van der Waals surface area (Å²) in [5.41, 5.74) is 4.09. The summed E-state index contributed by atoms with van der Waals surface area (Å²) >= 11 is 0. The van der Waals surface area contributed by atoms with E-state index in [4.69, 9.17) is 14.9 Å². The number of ether oxygens (including phenoxy) is 2. The molecule has 3 amide bonds. The molecule has 3 saturated heterocycles. The molecule has 0 atom stereocenters. The Morgan fingerprint density at radius 1 is 1.00 bits per heavy atom. The van der Waals surface area contributed by atoms with E-state index in [1.165, 1.54) is 18.5 Å². The first-order chi connectivity index (χ1) is 20.0. The summed E-state index contributed by atoms with van der Waals surface area (Å²) in [6.45, 7) is 5.08. The van der Waals surface area contributed by atoms with Crippen molar-refractivity contribution in [1.82, 2.24) is 9.80 Å². The second-order valence-corrected chi connectivity index (χ2v) is 11.0. The van der Waals surface area contributed by atoms with Crippen LogP contribution in [0.2, 0.25) is 0 Å². The third-order valence-corrected chi connectivity index (χ3v) is 8.43. The maximum absolute atomic E-state index is 13.0. The van der Waals surface area contributed by atoms with Gasteiger partial charge >= 0.3 is 6.03 Å². The van der Waals surface area contributed by atoms with Crippen LogP contribution in [0, 0.1) is 11.3 Å². The maximum Gasteiger partial charge on any atom is 0.321 e. The number of urea groups is 1. The largest absolute Gasteiger partial charge is 0.493 e. The van der Waals surface area contributed by atoms with Crippen LogP contribution in [0.3, 0.4) is 0 Å². The first-order valence-corrected chi connectivity index (χ1v) is 14.8. The molecule has 0 saturated carbocycles. The number of benzene rings is 2. The second-order valence-electron chi connectivity index (χ2n) is 11.0. The lowest BCUT2D eigenvalue weighted by Gasteiger charge is -2.33. The molecule has 3 aliphatic rings. The number of hydrogen-bond donors (Lipinski definition) is 3. The van der Waals surface area contributed by atoms with Gasteiger partial charge in [0.1, 0.15) is 6.61 Å². The van der Waals surface area contributed by atoms with Gasteiger partial charge in [-0.1, -0.05) is 0 Å². The van der Waals surface area contributed by atoms with Gasteiger partial charge in [0.05, 0.1) is 13.7 Å². The molecule has 220 valence electrons. The van der Waals surface area contributed by atoms with Crippen molar-refractivity contribution in [2.24, 2.45) is 5.92 Å². The highest BCUT2D eigenvalue weighted by atomic mass is 16.5. The molecule has 5 rings (SSSR count). The number of carbonyl (C=O) groups excluding carboxylic acids is 2. The number of nitrogens with zero attached hydrogens (tertiary/aromatic N) is 3. The van der Waals surface area contributed by atoms with Gasteiger partial charge in [0, 0.05) is 86.5 Å². The first kappa shape index (κ1) is 28.6. The van der Waals surface area contributed by atoms with E-state index in [-0.39, 0.29) is 17.9 Å². The fourth-order valence-corrected chi connectivity index (χ4v) is 5.99. The Labute approximate surface area is 242 Å². The lowest BCUT2D eigenvalue weighted by molar-refractivity contribution is -0.128. The SMILES string of the molecule is CNc1cc(OCCN2CCCC2=O)c(OC)cc1C(=N)C1CCN(C(=O)Nc2ccc(N3CCCC3)cc2)CC1. The van der Waals surface area contributed by atoms with Gasteiger partial charge < -0.3 is 40.2 Å². The number of piperidine rings is 1. The summed E-state index contributed by atoms with van der Waals surface area (Å²) < 4.78 is 11.6. The molecular weight excluding hydrogens is 520 g/mol. The third kappa shape index (κ3) is 6.69. The van der Waals surface area contributed by atoms with Crippen LogP contribution < -0.4 is 25.0 Å². The molecule has 3 N–H and O–H groups in total. The monoisotopic (exact) mass is 562 g/mol. The molecule has 3 aliphatic heterocycles. The Balaban J connectivity index is 1.15. The zero-order valence-electron chi connectivity index (χ0n) is 24.2. The summed E-state index contributed by atoms with van der Waals surface area (Å²) in [7, 11) is 3.42. The molecule has 0 spiro atoms. The van der Waals surface area contributed by atoms with Crippen LogP contribution in [0.15, 0.2) is 36.4 Å². The highest BCUT2D eigenvalue weighted by molar-refractivity contribution is 6.05. The van der Waals surface area contributed by atoms with Gasteiger partial charge in [0.25, 0.3) is 0 Å². The van der Waals surface area contributed by atoms with E-state index in [0.29, 0.717) is 62.7 Å². The molecule has 0 aliphatic carbocycles. The molecule has 0 unspecified atom stereocenters. The number of hydrogen-bond acceptors (Lipinski definition) is 7. The van der Waals surface area contributed by atoms with Gasteiger partial charge in [-0.05, 0) is 62.4 Å². The zero-order valence-corrected chi connectivity index (χ0v) is 24.2. The van der Waals surface area contributed by atoms with Crippen molar-refractivity contribution in [3.63, 3.8) is 0 Å². The predicted octanol–water partition coefficient (Wildman–Crippen LogP) is 4.65. The Morgan fingerprint density at radius 2 is 1.73 bits per heavy atom. The molecule has 0 radical (unpaired) electrons. The van der Waals surface area contributed by atoms with Crippen LogP contribution in [0.1, 0.15) is 44.1 Å². The van der Waals surface area contributed by atoms with Gasteiger partial charge in [-0.2, -0.15) is 0 Å². The van der Waals surface area contributed by atoms with Gasteiger partial charge in [0.15, 0.2) is 11.5 Å². The average molecular weight is 563 g/mol. The Morgan fingerprint density at radius 3 is 2.37 bits per heavy atom. The molecular formula is C31H42N6O4. The minimum atomic E-state index is -0.0985. The Bertz CT molecular complexity index is 1240. The van der Waals surface area contributed by atoms with Crippen molar-refractivity contribution in [1.29, 1.82) is 5.41 Å². The quantitative estimate of drug-likeness (QED) is 0.364. The van der Waals surface area contributed by atoms with Crippen LogP contribution >= 0.6 is 0 Å². The van der Waals surface area contributed by atoms with E-state index in [1.807, 2.05) is 41.1 Å². The van der Waals surface area contributed by atoms with Crippen LogP contribution in [-0.4, -0.2) is 87.5 Å². The zero-order chi connectivity index (χ0) is 28.8. The van der Waals surface area contributed by atoms with E-state index in [1.54, 1.807) is 7.11 Å². The molecule has 10 nitrogen and oxygen atoms in total. The van der Waals surface area contributed by atoms with Crippen molar-refractivity contribution in [3.05, 3.63) is 42.0 Å². The van der Waals surface area contributed by atoms with Crippen molar-refractivity contribution in [2.45, 2.75) is 38.5 Å². The van der Waals surface area contributed by atoms with E-state index in [2.05, 4.69) is 27.7 Å². The molecule has 0 bridgehead atoms. The number of methoxy groups -OCH3 is 1. The van der Waals surface area contributed by atoms with Crippen LogP contribution in [0.5, 0.6) is 11.5 Å². The molecule has 2 aromatic carbocycles. The molecule has 3 fully saturated rings. The number of anilines is 3. The van der Waals surface area contributed by atoms with Gasteiger partial charge in [0.2, 0.25) is 5.91 Å². The average Bonchev–Trinajstić information content (AvgIpc) is 3.69. The minimum absolute atomic E-state index is 0.0311. The number of carbonyl (C=O) groups is 2. The molecule has 0 aromatic heterocycles. The van der Waals surface area contributed by atoms with Gasteiger partial charge in [-0.3, -0.25) is 4.79 Å². The van der Waals surface area contributed by atoms with Crippen LogP contribution in [0.25, 0.3) is 0 Å². The van der Waals surface area contributed by atoms with E-state index < -0.39 is 0 Å². The summed E-state index contributed by atoms with van der Waals surface area (Å²) in [4.78, 5) is 30.9. The standard InChI is InChI=1S/C31H42N6O4/c1-33-26-21-28(41-19-18-36-15-5-6-29(36)38)27(40-2)20-25(26)30(32)22-11-16-37(17-12-22)31(39)34-23-7-9-24(10-8-23)35-13-3-4-14-35/h7-10,20-22,32-33H,3-6,11-19H2,1-2H3,(H,34,39). The Kier molecular flexibility index (Phi) is 9.16. The topological polar surface area (TPSA) is 110 Å². The predicted molar refractivity (Wildman–Crippen MR) is 162 cm³/mol. The lowest BCUT2D eigenvalue weighted by Crippen LogP contribution is -2.42. The number of rotatable bonds is 10. The molecule has 2 aromatic rings. The van der Waals surface area contributed by atoms with Crippen LogP contribution in [0.4, 0.5) is 21.9 Å². The summed E-state index contributed by atoms with van der Waals surface area (Å²) in [6, 6.07) is 11.7. The van der Waals surface area contributed by atoms with Gasteiger partial charge in [-0.25, -0.2) is 4.79 Å². The number of amides is 3. The molecule has 3 heterocycles. The number of likely N-dealkylation sites (tertiary alicyclic amines) is 2. The van der Waals surface area contributed by atoms with E-state index in [0.717, 1.165) is 43.0 Å². The number of nitrogens with one attached hydrogen (secondary N) is 3. The smallest absolute Gasteiger partial charge is 0.321 e. The summed E-state index contributed by atoms with van der Waals surface area (Å²) in [5, 5.41) is 15.3. The fraction of sp³-hybridized carbons (Fsp3) is 0.516. The van der Waals surface area contributed by atoms with Crippen molar-refractivity contribution in [3.8, 4) is 11.5 Å². The first-order valence-electron chi connectivity index (χ1n) is 14.8. The minimum Gasteiger partial charge on any atom is -0.493 e. The van der Waals surface area contributed by atoms with Gasteiger partial charge in [-0.15, -0.1) is 0 Å². The van der Waals surface area contributed by atoms with Crippen molar-refractivity contribution < 1.29 is 19.1 Å². The summed E-state index contributed by atoms with van der Waals surface area (Å²) in [5.74, 6) is 1.35. The Hall–Kier alpha value is -3.95. The molecule has 10 heteroatoms. The third-order valence-electron chi connectivity index (χ3n) is 8.43. The fourth-order valence-electron chi connectivity index (χ4n) is 5.99.